The van der Waals surface area contributed by atoms with Crippen LogP contribution in [0.3, 0.4) is 0 Å². The molecule has 0 radical (unpaired) electrons. The highest BCUT2D eigenvalue weighted by atomic mass is 35.5. The Bertz CT molecular complexity index is 936. The second-order valence-electron chi connectivity index (χ2n) is 8.29. The average Bonchev–Trinajstić information content (AvgIpc) is 2.79. The molecule has 0 unspecified atom stereocenters. The quantitative estimate of drug-likeness (QED) is 0.546. The number of esters is 1. The van der Waals surface area contributed by atoms with E-state index in [9.17, 15) is 9.59 Å². The predicted molar refractivity (Wildman–Crippen MR) is 125 cm³/mol. The van der Waals surface area contributed by atoms with E-state index in [1.54, 1.807) is 37.3 Å². The first-order valence-corrected chi connectivity index (χ1v) is 11.3. The van der Waals surface area contributed by atoms with Crippen LogP contribution in [0.1, 0.15) is 49.5 Å². The highest BCUT2D eigenvalue weighted by molar-refractivity contribution is 6.30. The van der Waals surface area contributed by atoms with Gasteiger partial charge in [0.05, 0.1) is 18.6 Å². The summed E-state index contributed by atoms with van der Waals surface area (Å²) in [5.41, 5.74) is 0.956. The third kappa shape index (κ3) is 5.61. The molecule has 0 aliphatic carbocycles. The summed E-state index contributed by atoms with van der Waals surface area (Å²) in [5, 5.41) is 3.62. The molecule has 3 rings (SSSR count). The molecular weight excluding hydrogens is 430 g/mol. The van der Waals surface area contributed by atoms with Crippen molar-refractivity contribution < 1.29 is 23.8 Å². The van der Waals surface area contributed by atoms with Gasteiger partial charge in [0.1, 0.15) is 11.3 Å². The van der Waals surface area contributed by atoms with Gasteiger partial charge >= 0.3 is 5.97 Å². The summed E-state index contributed by atoms with van der Waals surface area (Å²) >= 11 is 6.06. The maximum absolute atomic E-state index is 13.5. The first-order chi connectivity index (χ1) is 15.4. The van der Waals surface area contributed by atoms with Crippen molar-refractivity contribution in [3.05, 3.63) is 58.6 Å². The Morgan fingerprint density at radius 3 is 2.44 bits per heavy atom. The van der Waals surface area contributed by atoms with Gasteiger partial charge in [-0.1, -0.05) is 37.6 Å². The fraction of sp³-hybridized carbons (Fsp3) is 0.440. The lowest BCUT2D eigenvalue weighted by Crippen LogP contribution is -2.44. The van der Waals surface area contributed by atoms with Crippen LogP contribution >= 0.6 is 11.6 Å². The molecule has 1 fully saturated rings. The molecule has 0 saturated carbocycles. The molecule has 0 atom stereocenters. The van der Waals surface area contributed by atoms with E-state index in [1.807, 2.05) is 26.0 Å². The molecule has 2 aromatic rings. The third-order valence-corrected chi connectivity index (χ3v) is 5.73. The Labute approximate surface area is 194 Å². The fourth-order valence-electron chi connectivity index (χ4n) is 3.74. The molecule has 0 spiro atoms. The van der Waals surface area contributed by atoms with Crippen molar-refractivity contribution in [1.29, 1.82) is 0 Å². The van der Waals surface area contributed by atoms with E-state index in [0.29, 0.717) is 55.0 Å². The number of anilines is 1. The minimum absolute atomic E-state index is 0.145. The van der Waals surface area contributed by atoms with Crippen molar-refractivity contribution in [2.45, 2.75) is 39.0 Å². The van der Waals surface area contributed by atoms with Gasteiger partial charge in [-0.25, -0.2) is 4.79 Å². The van der Waals surface area contributed by atoms with E-state index < -0.39 is 11.4 Å². The molecule has 1 aliphatic rings. The van der Waals surface area contributed by atoms with E-state index in [4.69, 9.17) is 25.8 Å². The average molecular weight is 460 g/mol. The van der Waals surface area contributed by atoms with Crippen molar-refractivity contribution in [2.24, 2.45) is 5.92 Å². The van der Waals surface area contributed by atoms with Gasteiger partial charge < -0.3 is 19.5 Å². The standard InChI is InChI=1S/C25H30ClNO5/c1-4-31-23(28)21-15-20(9-10-22(21)32-16-17(2)3)27-24(29)25(11-13-30-14-12-25)18-5-7-19(26)8-6-18/h5-10,15,17H,4,11-14,16H2,1-3H3,(H,27,29). The summed E-state index contributed by atoms with van der Waals surface area (Å²) in [7, 11) is 0. The number of hydrogen-bond donors (Lipinski definition) is 1. The van der Waals surface area contributed by atoms with Gasteiger partial charge in [0, 0.05) is 23.9 Å². The third-order valence-electron chi connectivity index (χ3n) is 5.48. The number of amides is 1. The number of halogens is 1. The zero-order valence-corrected chi connectivity index (χ0v) is 19.5. The van der Waals surface area contributed by atoms with Gasteiger partial charge in [-0.3, -0.25) is 4.79 Å². The summed E-state index contributed by atoms with van der Waals surface area (Å²) < 4.78 is 16.5. The smallest absolute Gasteiger partial charge is 0.341 e. The fourth-order valence-corrected chi connectivity index (χ4v) is 3.87. The van der Waals surface area contributed by atoms with Crippen molar-refractivity contribution in [3.8, 4) is 5.75 Å². The van der Waals surface area contributed by atoms with Crippen molar-refractivity contribution in [2.75, 3.05) is 31.7 Å². The first kappa shape index (κ1) is 24.1. The van der Waals surface area contributed by atoms with Crippen LogP contribution in [0.2, 0.25) is 5.02 Å². The molecular formula is C25H30ClNO5. The van der Waals surface area contributed by atoms with Crippen LogP contribution in [0.4, 0.5) is 5.69 Å². The van der Waals surface area contributed by atoms with Crippen LogP contribution in [0.5, 0.6) is 5.75 Å². The largest absolute Gasteiger partial charge is 0.492 e. The summed E-state index contributed by atoms with van der Waals surface area (Å²) in [6, 6.07) is 12.4. The van der Waals surface area contributed by atoms with Crippen molar-refractivity contribution >= 4 is 29.2 Å². The first-order valence-electron chi connectivity index (χ1n) is 10.9. The van der Waals surface area contributed by atoms with Gasteiger partial charge in [-0.2, -0.15) is 0 Å². The van der Waals surface area contributed by atoms with E-state index in [0.717, 1.165) is 5.56 Å². The molecule has 172 valence electrons. The number of carbonyl (C=O) groups is 2. The van der Waals surface area contributed by atoms with Crippen LogP contribution in [0, 0.1) is 5.92 Å². The van der Waals surface area contributed by atoms with Gasteiger partial charge in [0.2, 0.25) is 5.91 Å². The van der Waals surface area contributed by atoms with Crippen LogP contribution in [-0.4, -0.2) is 38.3 Å². The van der Waals surface area contributed by atoms with Gasteiger partial charge in [0.25, 0.3) is 0 Å². The lowest BCUT2D eigenvalue weighted by atomic mass is 9.73. The second kappa shape index (κ2) is 10.8. The minimum atomic E-state index is -0.736. The van der Waals surface area contributed by atoms with Crippen LogP contribution < -0.4 is 10.1 Å². The van der Waals surface area contributed by atoms with Crippen LogP contribution in [0.15, 0.2) is 42.5 Å². The predicted octanol–water partition coefficient (Wildman–Crippen LogP) is 5.24. The number of hydrogen-bond acceptors (Lipinski definition) is 5. The van der Waals surface area contributed by atoms with Crippen LogP contribution in [0.25, 0.3) is 0 Å². The molecule has 1 amide bonds. The maximum atomic E-state index is 13.5. The molecule has 1 saturated heterocycles. The van der Waals surface area contributed by atoms with Crippen molar-refractivity contribution in [1.82, 2.24) is 0 Å². The van der Waals surface area contributed by atoms with E-state index >= 15 is 0 Å². The number of carbonyl (C=O) groups excluding carboxylic acids is 2. The molecule has 2 aromatic carbocycles. The highest BCUT2D eigenvalue weighted by Gasteiger charge is 2.41. The molecule has 6 nitrogen and oxygen atoms in total. The van der Waals surface area contributed by atoms with E-state index in [1.165, 1.54) is 0 Å². The lowest BCUT2D eigenvalue weighted by molar-refractivity contribution is -0.125. The number of benzene rings is 2. The van der Waals surface area contributed by atoms with Gasteiger partial charge in [-0.15, -0.1) is 0 Å². The number of ether oxygens (including phenoxy) is 3. The summed E-state index contributed by atoms with van der Waals surface area (Å²) in [5.74, 6) is 0.112. The minimum Gasteiger partial charge on any atom is -0.492 e. The van der Waals surface area contributed by atoms with Crippen LogP contribution in [-0.2, 0) is 19.7 Å². The molecule has 1 aliphatic heterocycles. The van der Waals surface area contributed by atoms with Gasteiger partial charge in [0.15, 0.2) is 0 Å². The lowest BCUT2D eigenvalue weighted by Gasteiger charge is -2.36. The SMILES string of the molecule is CCOC(=O)c1cc(NC(=O)C2(c3ccc(Cl)cc3)CCOCC2)ccc1OCC(C)C. The Morgan fingerprint density at radius 2 is 1.81 bits per heavy atom. The Kier molecular flexibility index (Phi) is 8.15. The van der Waals surface area contributed by atoms with Gasteiger partial charge in [-0.05, 0) is 61.6 Å². The summed E-state index contributed by atoms with van der Waals surface area (Å²) in [6.45, 7) is 7.51. The molecule has 0 bridgehead atoms. The zero-order valence-electron chi connectivity index (χ0n) is 18.8. The number of nitrogens with one attached hydrogen (secondary N) is 1. The summed E-state index contributed by atoms with van der Waals surface area (Å²) in [4.78, 5) is 26.1. The number of rotatable bonds is 8. The molecule has 0 aromatic heterocycles. The molecule has 1 N–H and O–H groups in total. The molecule has 32 heavy (non-hydrogen) atoms. The van der Waals surface area contributed by atoms with Crippen molar-refractivity contribution in [3.63, 3.8) is 0 Å². The monoisotopic (exact) mass is 459 g/mol. The Hall–Kier alpha value is -2.57. The topological polar surface area (TPSA) is 73.9 Å². The zero-order chi connectivity index (χ0) is 23.1. The van der Waals surface area contributed by atoms with E-state index in [2.05, 4.69) is 5.32 Å². The Balaban J connectivity index is 1.89. The van der Waals surface area contributed by atoms with E-state index in [-0.39, 0.29) is 18.1 Å². The Morgan fingerprint density at radius 1 is 1.12 bits per heavy atom. The normalized spacial score (nSPS) is 15.3. The second-order valence-corrected chi connectivity index (χ2v) is 8.73. The molecule has 1 heterocycles. The highest BCUT2D eigenvalue weighted by Crippen LogP contribution is 2.37. The molecule has 7 heteroatoms. The maximum Gasteiger partial charge on any atom is 0.341 e. The summed E-state index contributed by atoms with van der Waals surface area (Å²) in [6.07, 6.45) is 1.11.